The molecule has 0 amide bonds. The number of aliphatic hydroxyl groups is 1. The predicted octanol–water partition coefficient (Wildman–Crippen LogP) is 3.10. The summed E-state index contributed by atoms with van der Waals surface area (Å²) >= 11 is 0. The number of hydrogen-bond donors (Lipinski definition) is 1. The Kier molecular flexibility index (Phi) is 3.83. The number of unbranched alkanes of at least 4 members (excludes halogenated alkanes) is 2. The molecule has 0 saturated carbocycles. The van der Waals surface area contributed by atoms with Crippen molar-refractivity contribution < 1.29 is 9.84 Å². The first-order valence-electron chi connectivity index (χ1n) is 6.22. The first-order chi connectivity index (χ1) is 7.83. The van der Waals surface area contributed by atoms with Gasteiger partial charge in [0.25, 0.3) is 0 Å². The molecule has 0 aliphatic carbocycles. The van der Waals surface area contributed by atoms with Crippen molar-refractivity contribution in [1.82, 2.24) is 0 Å². The van der Waals surface area contributed by atoms with Crippen LogP contribution in [-0.2, 0) is 0 Å². The van der Waals surface area contributed by atoms with E-state index in [2.05, 4.69) is 13.0 Å². The highest BCUT2D eigenvalue weighted by Gasteiger charge is 2.29. The summed E-state index contributed by atoms with van der Waals surface area (Å²) in [6, 6.07) is 8.04. The smallest absolute Gasteiger partial charge is 0.123 e. The van der Waals surface area contributed by atoms with Crippen molar-refractivity contribution in [2.24, 2.45) is 0 Å². The van der Waals surface area contributed by atoms with Crippen molar-refractivity contribution in [3.05, 3.63) is 29.8 Å². The molecule has 1 aromatic carbocycles. The fourth-order valence-corrected chi connectivity index (χ4v) is 2.31. The van der Waals surface area contributed by atoms with Crippen LogP contribution in [0.1, 0.15) is 44.1 Å². The Balaban J connectivity index is 1.96. The predicted molar refractivity (Wildman–Crippen MR) is 64.8 cm³/mol. The van der Waals surface area contributed by atoms with Crippen LogP contribution < -0.4 is 4.74 Å². The molecule has 2 nitrogen and oxygen atoms in total. The van der Waals surface area contributed by atoms with Crippen LogP contribution in [0, 0.1) is 0 Å². The van der Waals surface area contributed by atoms with Gasteiger partial charge >= 0.3 is 0 Å². The second-order valence-electron chi connectivity index (χ2n) is 4.52. The third-order valence-corrected chi connectivity index (χ3v) is 3.30. The number of rotatable bonds is 5. The summed E-state index contributed by atoms with van der Waals surface area (Å²) in [4.78, 5) is 0. The van der Waals surface area contributed by atoms with E-state index < -0.39 is 0 Å². The van der Waals surface area contributed by atoms with E-state index in [1.165, 1.54) is 18.4 Å². The number of ether oxygens (including phenoxy) is 1. The van der Waals surface area contributed by atoms with Gasteiger partial charge in [0.05, 0.1) is 12.7 Å². The molecule has 1 heterocycles. The minimum Gasteiger partial charge on any atom is -0.493 e. The molecule has 0 saturated heterocycles. The Hall–Kier alpha value is -1.02. The maximum Gasteiger partial charge on any atom is 0.123 e. The van der Waals surface area contributed by atoms with Gasteiger partial charge in [-0.05, 0) is 12.5 Å². The van der Waals surface area contributed by atoms with Crippen LogP contribution in [0.5, 0.6) is 5.75 Å². The van der Waals surface area contributed by atoms with Gasteiger partial charge < -0.3 is 9.84 Å². The van der Waals surface area contributed by atoms with Crippen molar-refractivity contribution in [3.63, 3.8) is 0 Å². The molecule has 0 spiro atoms. The molecule has 0 bridgehead atoms. The number of aliphatic hydroxyl groups excluding tert-OH is 1. The largest absolute Gasteiger partial charge is 0.493 e. The van der Waals surface area contributed by atoms with Gasteiger partial charge in [-0.3, -0.25) is 0 Å². The maximum absolute atomic E-state index is 10.1. The van der Waals surface area contributed by atoms with Crippen LogP contribution >= 0.6 is 0 Å². The molecule has 2 rings (SSSR count). The first kappa shape index (κ1) is 11.5. The molecule has 2 atom stereocenters. The molecule has 0 fully saturated rings. The molecule has 16 heavy (non-hydrogen) atoms. The zero-order chi connectivity index (χ0) is 11.4. The van der Waals surface area contributed by atoms with E-state index in [1.807, 2.05) is 18.2 Å². The van der Waals surface area contributed by atoms with Crippen molar-refractivity contribution in [2.75, 3.05) is 6.61 Å². The van der Waals surface area contributed by atoms with Gasteiger partial charge in [0.1, 0.15) is 5.75 Å². The van der Waals surface area contributed by atoms with Crippen molar-refractivity contribution >= 4 is 0 Å². The summed E-state index contributed by atoms with van der Waals surface area (Å²) < 4.78 is 5.58. The van der Waals surface area contributed by atoms with E-state index in [4.69, 9.17) is 4.74 Å². The van der Waals surface area contributed by atoms with Crippen molar-refractivity contribution in [2.45, 2.75) is 44.6 Å². The van der Waals surface area contributed by atoms with Crippen LogP contribution in [0.25, 0.3) is 0 Å². The summed E-state index contributed by atoms with van der Waals surface area (Å²) in [6.45, 7) is 2.81. The topological polar surface area (TPSA) is 29.5 Å². The highest BCUT2D eigenvalue weighted by atomic mass is 16.5. The van der Waals surface area contributed by atoms with Gasteiger partial charge in [-0.25, -0.2) is 0 Å². The van der Waals surface area contributed by atoms with E-state index in [1.54, 1.807) is 0 Å². The molecular weight excluding hydrogens is 200 g/mol. The van der Waals surface area contributed by atoms with E-state index in [-0.39, 0.29) is 12.0 Å². The standard InChI is InChI=1S/C14H20O2/c1-2-3-4-8-13(15)12-10-16-14-9-6-5-7-11(12)14/h5-7,9,12-13,15H,2-4,8,10H2,1H3. The second-order valence-corrected chi connectivity index (χ2v) is 4.52. The van der Waals surface area contributed by atoms with Crippen LogP contribution in [0.15, 0.2) is 24.3 Å². The van der Waals surface area contributed by atoms with Gasteiger partial charge in [0, 0.05) is 11.5 Å². The van der Waals surface area contributed by atoms with Gasteiger partial charge in [-0.15, -0.1) is 0 Å². The Morgan fingerprint density at radius 2 is 2.19 bits per heavy atom. The minimum atomic E-state index is -0.254. The second kappa shape index (κ2) is 5.35. The lowest BCUT2D eigenvalue weighted by Gasteiger charge is -2.16. The maximum atomic E-state index is 10.1. The molecule has 1 aliphatic heterocycles. The third kappa shape index (κ3) is 2.38. The summed E-state index contributed by atoms with van der Waals surface area (Å²) in [5.41, 5.74) is 1.17. The highest BCUT2D eigenvalue weighted by Crippen LogP contribution is 2.36. The van der Waals surface area contributed by atoms with E-state index >= 15 is 0 Å². The lowest BCUT2D eigenvalue weighted by molar-refractivity contribution is 0.117. The van der Waals surface area contributed by atoms with E-state index in [0.717, 1.165) is 18.6 Å². The number of benzene rings is 1. The highest BCUT2D eigenvalue weighted by molar-refractivity contribution is 5.40. The lowest BCUT2D eigenvalue weighted by atomic mass is 9.92. The average molecular weight is 220 g/mol. The molecule has 88 valence electrons. The van der Waals surface area contributed by atoms with Gasteiger partial charge in [0.2, 0.25) is 0 Å². The average Bonchev–Trinajstić information content (AvgIpc) is 2.73. The number of fused-ring (bicyclic) bond motifs is 1. The zero-order valence-corrected chi connectivity index (χ0v) is 9.86. The molecule has 2 heteroatoms. The Morgan fingerprint density at radius 3 is 3.00 bits per heavy atom. The Morgan fingerprint density at radius 1 is 1.38 bits per heavy atom. The van der Waals surface area contributed by atoms with Crippen molar-refractivity contribution in [1.29, 1.82) is 0 Å². The minimum absolute atomic E-state index is 0.174. The summed E-state index contributed by atoms with van der Waals surface area (Å²) in [7, 11) is 0. The zero-order valence-electron chi connectivity index (χ0n) is 9.86. The molecule has 2 unspecified atom stereocenters. The number of hydrogen-bond acceptors (Lipinski definition) is 2. The van der Waals surface area contributed by atoms with Gasteiger partial charge in [0.15, 0.2) is 0 Å². The van der Waals surface area contributed by atoms with Crippen LogP contribution in [-0.4, -0.2) is 17.8 Å². The molecule has 0 aromatic heterocycles. The normalized spacial score (nSPS) is 20.2. The molecule has 1 aromatic rings. The Bertz CT molecular complexity index is 335. The van der Waals surface area contributed by atoms with E-state index in [0.29, 0.717) is 6.61 Å². The van der Waals surface area contributed by atoms with E-state index in [9.17, 15) is 5.11 Å². The molecule has 1 aliphatic rings. The fourth-order valence-electron chi connectivity index (χ4n) is 2.31. The van der Waals surface area contributed by atoms with Crippen molar-refractivity contribution in [3.8, 4) is 5.75 Å². The quantitative estimate of drug-likeness (QED) is 0.773. The van der Waals surface area contributed by atoms with Crippen LogP contribution in [0.3, 0.4) is 0 Å². The fraction of sp³-hybridized carbons (Fsp3) is 0.571. The number of para-hydroxylation sites is 1. The third-order valence-electron chi connectivity index (χ3n) is 3.30. The lowest BCUT2D eigenvalue weighted by Crippen LogP contribution is -2.19. The van der Waals surface area contributed by atoms with Gasteiger partial charge in [-0.2, -0.15) is 0 Å². The molecular formula is C14H20O2. The summed E-state index contributed by atoms with van der Waals surface area (Å²) in [6.07, 6.45) is 4.14. The SMILES string of the molecule is CCCCCC(O)C1COc2ccccc21. The monoisotopic (exact) mass is 220 g/mol. The summed E-state index contributed by atoms with van der Waals surface area (Å²) in [5.74, 6) is 1.12. The first-order valence-corrected chi connectivity index (χ1v) is 6.22. The van der Waals surface area contributed by atoms with Crippen LogP contribution in [0.2, 0.25) is 0 Å². The van der Waals surface area contributed by atoms with Gasteiger partial charge in [-0.1, -0.05) is 44.4 Å². The Labute approximate surface area is 97.3 Å². The molecule has 1 N–H and O–H groups in total. The molecule has 0 radical (unpaired) electrons. The van der Waals surface area contributed by atoms with Crippen LogP contribution in [0.4, 0.5) is 0 Å². The summed E-state index contributed by atoms with van der Waals surface area (Å²) in [5, 5.41) is 10.1.